The van der Waals surface area contributed by atoms with Gasteiger partial charge in [0.25, 0.3) is 0 Å². The van der Waals surface area contributed by atoms with Gasteiger partial charge in [-0.15, -0.1) is 0 Å². The van der Waals surface area contributed by atoms with Gasteiger partial charge in [-0.1, -0.05) is 11.6 Å². The number of amides is 1. The van der Waals surface area contributed by atoms with Crippen molar-refractivity contribution in [1.29, 1.82) is 0 Å². The van der Waals surface area contributed by atoms with Crippen molar-refractivity contribution in [1.82, 2.24) is 4.90 Å². The largest absolute Gasteiger partial charge is 0.486 e. The van der Waals surface area contributed by atoms with Crippen molar-refractivity contribution in [3.05, 3.63) is 28.8 Å². The van der Waals surface area contributed by atoms with Gasteiger partial charge in [-0.3, -0.25) is 9.59 Å². The monoisotopic (exact) mass is 413 g/mol. The lowest BCUT2D eigenvalue weighted by molar-refractivity contribution is -0.161. The molecule has 2 aliphatic heterocycles. The Hall–Kier alpha value is -1.55. The van der Waals surface area contributed by atoms with E-state index in [4.69, 9.17) is 16.3 Å². The summed E-state index contributed by atoms with van der Waals surface area (Å²) in [5.41, 5.74) is 0.0531. The number of halogens is 1. The standard InChI is InChI=1S/C24H28ClNO3/c25-18-1-2-21-19(10-18)20(27)14-24(29-21)3-5-26(6-4-24)22(28)23-11-15-7-16(12-23)9-17(8-15)13-23/h1-2,10,15-17H,3-9,11-14H2. The van der Waals surface area contributed by atoms with E-state index in [1.165, 1.54) is 19.3 Å². The van der Waals surface area contributed by atoms with Gasteiger partial charge in [-0.05, 0) is 74.5 Å². The van der Waals surface area contributed by atoms with Gasteiger partial charge in [0.2, 0.25) is 5.91 Å². The van der Waals surface area contributed by atoms with Crippen molar-refractivity contribution < 1.29 is 14.3 Å². The van der Waals surface area contributed by atoms with Gasteiger partial charge in [-0.25, -0.2) is 0 Å². The molecular formula is C24H28ClNO3. The molecule has 6 aliphatic rings. The van der Waals surface area contributed by atoms with Crippen LogP contribution in [0.5, 0.6) is 5.75 Å². The van der Waals surface area contributed by atoms with Gasteiger partial charge in [0, 0.05) is 31.0 Å². The van der Waals surface area contributed by atoms with Crippen molar-refractivity contribution in [2.45, 2.75) is 63.4 Å². The lowest BCUT2D eigenvalue weighted by Gasteiger charge is -2.57. The van der Waals surface area contributed by atoms with Crippen molar-refractivity contribution in [2.75, 3.05) is 13.1 Å². The Labute approximate surface area is 176 Å². The first-order valence-corrected chi connectivity index (χ1v) is 11.6. The fourth-order valence-electron chi connectivity index (χ4n) is 7.57. The van der Waals surface area contributed by atoms with Crippen molar-refractivity contribution in [2.24, 2.45) is 23.2 Å². The number of carbonyl (C=O) groups is 2. The molecule has 5 fully saturated rings. The molecule has 7 rings (SSSR count). The number of hydrogen-bond acceptors (Lipinski definition) is 3. The third kappa shape index (κ3) is 2.85. The first kappa shape index (κ1) is 18.2. The summed E-state index contributed by atoms with van der Waals surface area (Å²) >= 11 is 6.05. The second-order valence-electron chi connectivity index (χ2n) is 10.5. The molecule has 5 heteroatoms. The number of carbonyl (C=O) groups excluding carboxylic acids is 2. The van der Waals surface area contributed by atoms with Crippen LogP contribution < -0.4 is 4.74 Å². The number of piperidine rings is 1. The van der Waals surface area contributed by atoms with E-state index in [0.29, 0.717) is 41.8 Å². The van der Waals surface area contributed by atoms with Crippen LogP contribution in [0.4, 0.5) is 0 Å². The molecule has 0 unspecified atom stereocenters. The van der Waals surface area contributed by atoms with Crippen LogP contribution in [0.15, 0.2) is 18.2 Å². The first-order chi connectivity index (χ1) is 13.9. The number of ether oxygens (including phenoxy) is 1. The summed E-state index contributed by atoms with van der Waals surface area (Å²) in [5.74, 6) is 3.50. The zero-order valence-corrected chi connectivity index (χ0v) is 17.5. The Morgan fingerprint density at radius 3 is 2.28 bits per heavy atom. The molecule has 1 aromatic carbocycles. The third-order valence-corrected chi connectivity index (χ3v) is 8.74. The summed E-state index contributed by atoms with van der Waals surface area (Å²) in [6.45, 7) is 1.41. The first-order valence-electron chi connectivity index (χ1n) is 11.2. The predicted molar refractivity (Wildman–Crippen MR) is 110 cm³/mol. The van der Waals surface area contributed by atoms with Gasteiger partial charge in [0.15, 0.2) is 5.78 Å². The molecule has 1 amide bonds. The second kappa shape index (κ2) is 6.23. The van der Waals surface area contributed by atoms with Crippen LogP contribution in [0.25, 0.3) is 0 Å². The summed E-state index contributed by atoms with van der Waals surface area (Å²) in [6.07, 6.45) is 9.27. The summed E-state index contributed by atoms with van der Waals surface area (Å²) in [6, 6.07) is 5.29. The number of nitrogens with zero attached hydrogens (tertiary/aromatic N) is 1. The molecule has 1 aromatic rings. The van der Waals surface area contributed by atoms with Gasteiger partial charge < -0.3 is 9.64 Å². The van der Waals surface area contributed by atoms with E-state index in [-0.39, 0.29) is 11.2 Å². The fourth-order valence-corrected chi connectivity index (χ4v) is 7.74. The Morgan fingerprint density at radius 1 is 1.03 bits per heavy atom. The van der Waals surface area contributed by atoms with E-state index in [1.54, 1.807) is 12.1 Å². The SMILES string of the molecule is O=C1CC2(CCN(C(=O)C34CC5CC(CC(C5)C3)C4)CC2)Oc2ccc(Cl)cc21. The molecule has 0 N–H and O–H groups in total. The quantitative estimate of drug-likeness (QED) is 0.659. The minimum absolute atomic E-state index is 0.0775. The zero-order chi connectivity index (χ0) is 19.8. The average molecular weight is 414 g/mol. The van der Waals surface area contributed by atoms with E-state index in [9.17, 15) is 9.59 Å². The molecular weight excluding hydrogens is 386 g/mol. The second-order valence-corrected chi connectivity index (χ2v) is 11.0. The van der Waals surface area contributed by atoms with Crippen LogP contribution >= 0.6 is 11.6 Å². The number of fused-ring (bicyclic) bond motifs is 1. The molecule has 4 saturated carbocycles. The summed E-state index contributed by atoms with van der Waals surface area (Å²) in [4.78, 5) is 28.5. The number of Topliss-reactive ketones (excluding diaryl/α,β-unsaturated/α-hetero) is 1. The smallest absolute Gasteiger partial charge is 0.228 e. The topological polar surface area (TPSA) is 46.6 Å². The van der Waals surface area contributed by atoms with E-state index in [2.05, 4.69) is 4.90 Å². The lowest BCUT2D eigenvalue weighted by Crippen LogP contribution is -2.58. The van der Waals surface area contributed by atoms with Gasteiger partial charge in [0.1, 0.15) is 11.4 Å². The maximum Gasteiger partial charge on any atom is 0.228 e. The molecule has 29 heavy (non-hydrogen) atoms. The Balaban J connectivity index is 1.18. The van der Waals surface area contributed by atoms with Crippen molar-refractivity contribution >= 4 is 23.3 Å². The summed E-state index contributed by atoms with van der Waals surface area (Å²) in [5, 5.41) is 0.563. The zero-order valence-electron chi connectivity index (χ0n) is 16.8. The summed E-state index contributed by atoms with van der Waals surface area (Å²) < 4.78 is 6.35. The van der Waals surface area contributed by atoms with Crippen LogP contribution in [0, 0.1) is 23.2 Å². The maximum atomic E-state index is 13.6. The Morgan fingerprint density at radius 2 is 1.66 bits per heavy atom. The van der Waals surface area contributed by atoms with E-state index >= 15 is 0 Å². The van der Waals surface area contributed by atoms with Gasteiger partial charge in [0.05, 0.1) is 17.4 Å². The summed E-state index contributed by atoms with van der Waals surface area (Å²) in [7, 11) is 0. The molecule has 1 spiro atoms. The molecule has 0 aromatic heterocycles. The van der Waals surface area contributed by atoms with Crippen molar-refractivity contribution in [3.8, 4) is 5.75 Å². The molecule has 0 atom stereocenters. The fraction of sp³-hybridized carbons (Fsp3) is 0.667. The van der Waals surface area contributed by atoms with Crippen LogP contribution in [0.3, 0.4) is 0 Å². The van der Waals surface area contributed by atoms with Gasteiger partial charge >= 0.3 is 0 Å². The number of rotatable bonds is 1. The molecule has 2 heterocycles. The number of likely N-dealkylation sites (tertiary alicyclic amines) is 1. The van der Waals surface area contributed by atoms with Crippen LogP contribution in [-0.2, 0) is 4.79 Å². The van der Waals surface area contributed by atoms with E-state index < -0.39 is 5.60 Å². The lowest BCUT2D eigenvalue weighted by atomic mass is 9.49. The highest BCUT2D eigenvalue weighted by Gasteiger charge is 2.56. The molecule has 4 aliphatic carbocycles. The van der Waals surface area contributed by atoms with Crippen LogP contribution in [-0.4, -0.2) is 35.3 Å². The normalized spacial score (nSPS) is 36.8. The highest BCUT2D eigenvalue weighted by molar-refractivity contribution is 6.31. The van der Waals surface area contributed by atoms with E-state index in [1.807, 2.05) is 6.07 Å². The van der Waals surface area contributed by atoms with Gasteiger partial charge in [-0.2, -0.15) is 0 Å². The molecule has 4 bridgehead atoms. The molecule has 4 nitrogen and oxygen atoms in total. The predicted octanol–water partition coefficient (Wildman–Crippen LogP) is 4.88. The highest BCUT2D eigenvalue weighted by Crippen LogP contribution is 2.60. The van der Waals surface area contributed by atoms with Crippen LogP contribution in [0.2, 0.25) is 5.02 Å². The molecule has 154 valence electrons. The van der Waals surface area contributed by atoms with Crippen LogP contribution in [0.1, 0.15) is 68.1 Å². The van der Waals surface area contributed by atoms with E-state index in [0.717, 1.165) is 49.9 Å². The molecule has 0 radical (unpaired) electrons. The van der Waals surface area contributed by atoms with Crippen molar-refractivity contribution in [3.63, 3.8) is 0 Å². The molecule has 1 saturated heterocycles. The number of hydrogen-bond donors (Lipinski definition) is 0. The maximum absolute atomic E-state index is 13.6. The minimum Gasteiger partial charge on any atom is -0.486 e. The Bertz CT molecular complexity index is 851. The minimum atomic E-state index is -0.462. The highest BCUT2D eigenvalue weighted by atomic mass is 35.5. The number of ketones is 1. The Kier molecular flexibility index (Phi) is 3.92. The third-order valence-electron chi connectivity index (χ3n) is 8.51. The number of benzene rings is 1. The average Bonchev–Trinajstić information content (AvgIpc) is 2.68.